The van der Waals surface area contributed by atoms with Gasteiger partial charge >= 0.3 is 0 Å². The molecule has 0 fully saturated rings. The predicted octanol–water partition coefficient (Wildman–Crippen LogP) is 6.63. The second-order valence-corrected chi connectivity index (χ2v) is 7.79. The third-order valence-electron chi connectivity index (χ3n) is 3.98. The number of nitrogens with zero attached hydrogens (tertiary/aromatic N) is 2. The molecule has 4 aromatic rings. The molecule has 1 N–H and O–H groups in total. The molecule has 4 rings (SSSR count). The Morgan fingerprint density at radius 1 is 1.04 bits per heavy atom. The summed E-state index contributed by atoms with van der Waals surface area (Å²) in [5.41, 5.74) is 5.65. The number of hydrazone groups is 1. The smallest absolute Gasteiger partial charge is 0.204 e. The minimum Gasteiger partial charge on any atom is -0.488 e. The molecular formula is C21H15Cl2N3OS. The van der Waals surface area contributed by atoms with Gasteiger partial charge in [0.15, 0.2) is 0 Å². The van der Waals surface area contributed by atoms with E-state index in [-0.39, 0.29) is 0 Å². The van der Waals surface area contributed by atoms with Crippen molar-refractivity contribution in [1.29, 1.82) is 0 Å². The number of hydrogen-bond donors (Lipinski definition) is 1. The molecule has 1 aromatic heterocycles. The van der Waals surface area contributed by atoms with Crippen LogP contribution in [0.4, 0.5) is 5.13 Å². The Labute approximate surface area is 176 Å². The lowest BCUT2D eigenvalue weighted by Gasteiger charge is -2.10. The molecule has 0 amide bonds. The van der Waals surface area contributed by atoms with E-state index in [9.17, 15) is 0 Å². The van der Waals surface area contributed by atoms with Crippen LogP contribution in [-0.4, -0.2) is 11.2 Å². The number of aromatic nitrogens is 1. The first-order valence-corrected chi connectivity index (χ1v) is 10.1. The molecule has 0 radical (unpaired) electrons. The van der Waals surface area contributed by atoms with Crippen molar-refractivity contribution in [1.82, 2.24) is 4.98 Å². The summed E-state index contributed by atoms with van der Waals surface area (Å²) in [6, 6.07) is 21.0. The molecule has 0 bridgehead atoms. The first kappa shape index (κ1) is 18.7. The molecule has 0 aliphatic heterocycles. The monoisotopic (exact) mass is 427 g/mol. The molecule has 1 heterocycles. The molecule has 0 atom stereocenters. The minimum absolute atomic E-state index is 0.339. The number of ether oxygens (including phenoxy) is 1. The van der Waals surface area contributed by atoms with Crippen LogP contribution in [-0.2, 0) is 6.61 Å². The number of thiazole rings is 1. The molecular weight excluding hydrogens is 413 g/mol. The lowest BCUT2D eigenvalue weighted by atomic mass is 10.2. The van der Waals surface area contributed by atoms with Crippen molar-refractivity contribution >= 4 is 56.1 Å². The van der Waals surface area contributed by atoms with Crippen LogP contribution >= 0.6 is 34.5 Å². The van der Waals surface area contributed by atoms with E-state index in [1.165, 1.54) is 0 Å². The van der Waals surface area contributed by atoms with Crippen LogP contribution < -0.4 is 10.2 Å². The van der Waals surface area contributed by atoms with Gasteiger partial charge in [-0.05, 0) is 36.4 Å². The van der Waals surface area contributed by atoms with Crippen molar-refractivity contribution in [2.45, 2.75) is 6.61 Å². The van der Waals surface area contributed by atoms with Gasteiger partial charge in [0.05, 0.1) is 16.4 Å². The third kappa shape index (κ3) is 4.44. The maximum absolute atomic E-state index is 6.21. The number of benzene rings is 3. The molecule has 0 unspecified atom stereocenters. The summed E-state index contributed by atoms with van der Waals surface area (Å²) in [6.45, 7) is 0.339. The van der Waals surface area contributed by atoms with Gasteiger partial charge in [-0.25, -0.2) is 4.98 Å². The average molecular weight is 428 g/mol. The zero-order valence-electron chi connectivity index (χ0n) is 14.6. The Hall–Kier alpha value is -2.60. The van der Waals surface area contributed by atoms with Gasteiger partial charge in [0.2, 0.25) is 5.13 Å². The molecule has 0 aliphatic rings. The summed E-state index contributed by atoms with van der Waals surface area (Å²) in [6.07, 6.45) is 1.71. The SMILES string of the molecule is Clc1ccc(COc2ccccc2C=NNc2nc3ccccc3s2)c(Cl)c1. The van der Waals surface area contributed by atoms with Gasteiger partial charge in [-0.3, -0.25) is 5.43 Å². The van der Waals surface area contributed by atoms with Gasteiger partial charge in [0.25, 0.3) is 0 Å². The number of nitrogens with one attached hydrogen (secondary N) is 1. The molecule has 0 spiro atoms. The summed E-state index contributed by atoms with van der Waals surface area (Å²) in [5.74, 6) is 0.711. The second-order valence-electron chi connectivity index (χ2n) is 5.92. The molecule has 0 aliphatic carbocycles. The number of hydrogen-bond acceptors (Lipinski definition) is 5. The summed E-state index contributed by atoms with van der Waals surface area (Å²) in [4.78, 5) is 4.50. The van der Waals surface area contributed by atoms with Crippen molar-refractivity contribution < 1.29 is 4.74 Å². The number of fused-ring (bicyclic) bond motifs is 1. The van der Waals surface area contributed by atoms with E-state index in [2.05, 4.69) is 15.5 Å². The van der Waals surface area contributed by atoms with Crippen molar-refractivity contribution in [2.24, 2.45) is 5.10 Å². The predicted molar refractivity (Wildman–Crippen MR) is 118 cm³/mol. The van der Waals surface area contributed by atoms with Crippen LogP contribution in [0, 0.1) is 0 Å². The zero-order valence-corrected chi connectivity index (χ0v) is 16.9. The van der Waals surface area contributed by atoms with E-state index in [0.717, 1.165) is 26.5 Å². The van der Waals surface area contributed by atoms with E-state index in [4.69, 9.17) is 27.9 Å². The van der Waals surface area contributed by atoms with Crippen molar-refractivity contribution in [3.8, 4) is 5.75 Å². The molecule has 0 saturated carbocycles. The molecule has 28 heavy (non-hydrogen) atoms. The van der Waals surface area contributed by atoms with Gasteiger partial charge in [-0.1, -0.05) is 64.9 Å². The normalized spacial score (nSPS) is 11.2. The van der Waals surface area contributed by atoms with Crippen LogP contribution in [0.5, 0.6) is 5.75 Å². The fraction of sp³-hybridized carbons (Fsp3) is 0.0476. The van der Waals surface area contributed by atoms with Crippen LogP contribution in [0.2, 0.25) is 10.0 Å². The Balaban J connectivity index is 1.45. The van der Waals surface area contributed by atoms with Gasteiger partial charge < -0.3 is 4.74 Å². The van der Waals surface area contributed by atoms with Crippen LogP contribution in [0.1, 0.15) is 11.1 Å². The molecule has 7 heteroatoms. The standard InChI is InChI=1S/C21H15Cl2N3OS/c22-16-10-9-15(17(23)11-16)13-27-19-7-3-1-5-14(19)12-24-26-21-25-18-6-2-4-8-20(18)28-21/h1-12H,13H2,(H,25,26). The van der Waals surface area contributed by atoms with Crippen molar-refractivity contribution in [2.75, 3.05) is 5.43 Å². The summed E-state index contributed by atoms with van der Waals surface area (Å²) >= 11 is 13.7. The highest BCUT2D eigenvalue weighted by Gasteiger charge is 2.06. The maximum atomic E-state index is 6.21. The van der Waals surface area contributed by atoms with Gasteiger partial charge in [-0.15, -0.1) is 0 Å². The maximum Gasteiger partial charge on any atom is 0.204 e. The minimum atomic E-state index is 0.339. The summed E-state index contributed by atoms with van der Waals surface area (Å²) < 4.78 is 7.05. The summed E-state index contributed by atoms with van der Waals surface area (Å²) in [7, 11) is 0. The topological polar surface area (TPSA) is 46.5 Å². The van der Waals surface area contributed by atoms with Gasteiger partial charge in [0, 0.05) is 21.2 Å². The zero-order chi connectivity index (χ0) is 19.3. The first-order chi connectivity index (χ1) is 13.7. The average Bonchev–Trinajstić information content (AvgIpc) is 3.11. The quantitative estimate of drug-likeness (QED) is 0.277. The van der Waals surface area contributed by atoms with E-state index < -0.39 is 0 Å². The Bertz CT molecular complexity index is 1110. The Morgan fingerprint density at radius 2 is 1.86 bits per heavy atom. The third-order valence-corrected chi connectivity index (χ3v) is 5.50. The van der Waals surface area contributed by atoms with E-state index in [0.29, 0.717) is 22.4 Å². The Morgan fingerprint density at radius 3 is 2.71 bits per heavy atom. The highest BCUT2D eigenvalue weighted by Crippen LogP contribution is 2.26. The number of anilines is 1. The molecule has 140 valence electrons. The van der Waals surface area contributed by atoms with Gasteiger partial charge in [-0.2, -0.15) is 5.10 Å². The van der Waals surface area contributed by atoms with E-state index in [1.54, 1.807) is 29.7 Å². The van der Waals surface area contributed by atoms with E-state index >= 15 is 0 Å². The highest BCUT2D eigenvalue weighted by atomic mass is 35.5. The van der Waals surface area contributed by atoms with Crippen LogP contribution in [0.25, 0.3) is 10.2 Å². The summed E-state index contributed by atoms with van der Waals surface area (Å²) in [5, 5.41) is 6.22. The fourth-order valence-electron chi connectivity index (χ4n) is 2.59. The fourth-order valence-corrected chi connectivity index (χ4v) is 3.87. The van der Waals surface area contributed by atoms with Gasteiger partial charge in [0.1, 0.15) is 12.4 Å². The molecule has 3 aromatic carbocycles. The van der Waals surface area contributed by atoms with Crippen molar-refractivity contribution in [3.63, 3.8) is 0 Å². The second kappa shape index (κ2) is 8.61. The molecule has 4 nitrogen and oxygen atoms in total. The number of halogens is 2. The highest BCUT2D eigenvalue weighted by molar-refractivity contribution is 7.22. The number of rotatable bonds is 6. The van der Waals surface area contributed by atoms with E-state index in [1.807, 2.05) is 54.6 Å². The Kier molecular flexibility index (Phi) is 5.76. The van der Waals surface area contributed by atoms with Crippen LogP contribution in [0.15, 0.2) is 71.8 Å². The lowest BCUT2D eigenvalue weighted by Crippen LogP contribution is -1.99. The van der Waals surface area contributed by atoms with Crippen molar-refractivity contribution in [3.05, 3.63) is 87.9 Å². The number of para-hydroxylation sites is 2. The lowest BCUT2D eigenvalue weighted by molar-refractivity contribution is 0.306. The van der Waals surface area contributed by atoms with Crippen LogP contribution in [0.3, 0.4) is 0 Å². The largest absolute Gasteiger partial charge is 0.488 e. The first-order valence-electron chi connectivity index (χ1n) is 8.49. The molecule has 0 saturated heterocycles.